The minimum atomic E-state index is -0.795. The molecule has 0 saturated carbocycles. The van der Waals surface area contributed by atoms with E-state index in [1.165, 1.54) is 4.90 Å². The number of anilines is 1. The number of hydrogen-bond donors (Lipinski definition) is 0. The average molecular weight is 327 g/mol. The predicted molar refractivity (Wildman–Crippen MR) is 93.4 cm³/mol. The third kappa shape index (κ3) is 2.69. The van der Waals surface area contributed by atoms with Gasteiger partial charge in [-0.25, -0.2) is 0 Å². The Morgan fingerprint density at radius 1 is 1.09 bits per heavy atom. The summed E-state index contributed by atoms with van der Waals surface area (Å²) in [4.78, 5) is 26.6. The lowest BCUT2D eigenvalue weighted by Crippen LogP contribution is -2.34. The van der Waals surface area contributed by atoms with E-state index in [-0.39, 0.29) is 11.7 Å². The molecular weight excluding hydrogens is 314 g/mol. The molecule has 2 aromatic carbocycles. The fourth-order valence-electron chi connectivity index (χ4n) is 2.26. The fourth-order valence-corrected chi connectivity index (χ4v) is 3.69. The summed E-state index contributed by atoms with van der Waals surface area (Å²) >= 11 is 6.44. The Hall–Kier alpha value is -1.98. The molecule has 1 saturated heterocycles. The molecule has 2 aromatic rings. The first-order valence-corrected chi connectivity index (χ1v) is 8.07. The van der Waals surface area contributed by atoms with Gasteiger partial charge in [-0.2, -0.15) is 0 Å². The molecule has 1 aliphatic heterocycles. The van der Waals surface area contributed by atoms with Gasteiger partial charge in [0.25, 0.3) is 5.91 Å². The Morgan fingerprint density at radius 2 is 1.73 bits per heavy atom. The predicted octanol–water partition coefficient (Wildman–Crippen LogP) is 3.61. The van der Waals surface area contributed by atoms with Crippen LogP contribution >= 0.6 is 24.0 Å². The first-order valence-electron chi connectivity index (χ1n) is 6.78. The van der Waals surface area contributed by atoms with Gasteiger partial charge in [0.15, 0.2) is 11.0 Å². The number of carbonyl (C=O) groups is 2. The SMILES string of the molecule is Cc1ccc(N2C(=O)C(C(=O)c3ccccc3)SC2=S)cc1. The van der Waals surface area contributed by atoms with Crippen LogP contribution in [-0.2, 0) is 4.79 Å². The normalized spacial score (nSPS) is 17.9. The van der Waals surface area contributed by atoms with Crippen LogP contribution in [0.4, 0.5) is 5.69 Å². The summed E-state index contributed by atoms with van der Waals surface area (Å²) in [6.07, 6.45) is 0. The summed E-state index contributed by atoms with van der Waals surface area (Å²) in [6, 6.07) is 16.4. The minimum Gasteiger partial charge on any atom is -0.292 e. The van der Waals surface area contributed by atoms with Crippen LogP contribution < -0.4 is 4.90 Å². The monoisotopic (exact) mass is 327 g/mol. The van der Waals surface area contributed by atoms with Crippen LogP contribution in [-0.4, -0.2) is 21.3 Å². The molecule has 0 N–H and O–H groups in total. The van der Waals surface area contributed by atoms with E-state index in [4.69, 9.17) is 12.2 Å². The van der Waals surface area contributed by atoms with Crippen LogP contribution in [0, 0.1) is 6.92 Å². The van der Waals surface area contributed by atoms with Gasteiger partial charge in [0, 0.05) is 5.56 Å². The van der Waals surface area contributed by atoms with Gasteiger partial charge in [0.05, 0.1) is 5.69 Å². The van der Waals surface area contributed by atoms with Crippen molar-refractivity contribution >= 4 is 45.7 Å². The molecule has 0 aromatic heterocycles. The summed E-state index contributed by atoms with van der Waals surface area (Å²) in [5.74, 6) is -0.472. The lowest BCUT2D eigenvalue weighted by atomic mass is 10.1. The first kappa shape index (κ1) is 14.9. The number of Topliss-reactive ketones (excluding diaryl/α,β-unsaturated/α-hetero) is 1. The lowest BCUT2D eigenvalue weighted by molar-refractivity contribution is -0.116. The summed E-state index contributed by atoms with van der Waals surface area (Å²) in [5.41, 5.74) is 2.34. The molecule has 0 radical (unpaired) electrons. The third-order valence-electron chi connectivity index (χ3n) is 3.43. The molecule has 22 heavy (non-hydrogen) atoms. The minimum absolute atomic E-state index is 0.201. The summed E-state index contributed by atoms with van der Waals surface area (Å²) in [6.45, 7) is 1.98. The summed E-state index contributed by atoms with van der Waals surface area (Å²) in [7, 11) is 0. The molecule has 1 unspecified atom stereocenters. The van der Waals surface area contributed by atoms with Crippen molar-refractivity contribution in [3.63, 3.8) is 0 Å². The van der Waals surface area contributed by atoms with Crippen molar-refractivity contribution in [2.45, 2.75) is 12.2 Å². The molecule has 0 bridgehead atoms. The second-order valence-corrected chi connectivity index (χ2v) is 6.74. The Balaban J connectivity index is 1.88. The summed E-state index contributed by atoms with van der Waals surface area (Å²) < 4.78 is 0.420. The molecule has 1 atom stereocenters. The molecule has 0 aliphatic carbocycles. The smallest absolute Gasteiger partial charge is 0.254 e. The Morgan fingerprint density at radius 3 is 2.36 bits per heavy atom. The number of benzene rings is 2. The van der Waals surface area contributed by atoms with Crippen molar-refractivity contribution in [2.24, 2.45) is 0 Å². The van der Waals surface area contributed by atoms with Crippen molar-refractivity contribution in [3.05, 3.63) is 65.7 Å². The van der Waals surface area contributed by atoms with Crippen LogP contribution in [0.25, 0.3) is 0 Å². The van der Waals surface area contributed by atoms with Crippen LogP contribution in [0.15, 0.2) is 54.6 Å². The van der Waals surface area contributed by atoms with Crippen molar-refractivity contribution in [2.75, 3.05) is 4.90 Å². The number of carbonyl (C=O) groups excluding carboxylic acids is 2. The average Bonchev–Trinajstić information content (AvgIpc) is 2.83. The van der Waals surface area contributed by atoms with Crippen LogP contribution in [0.5, 0.6) is 0 Å². The maximum atomic E-state index is 12.6. The zero-order valence-corrected chi connectivity index (χ0v) is 13.5. The van der Waals surface area contributed by atoms with Gasteiger partial charge < -0.3 is 0 Å². The van der Waals surface area contributed by atoms with E-state index in [1.807, 2.05) is 37.3 Å². The Kier molecular flexibility index (Phi) is 4.09. The molecular formula is C17H13NO2S2. The summed E-state index contributed by atoms with van der Waals surface area (Å²) in [5, 5.41) is -0.795. The molecule has 1 fully saturated rings. The van der Waals surface area contributed by atoms with E-state index in [9.17, 15) is 9.59 Å². The van der Waals surface area contributed by atoms with E-state index in [0.29, 0.717) is 15.6 Å². The molecule has 110 valence electrons. The van der Waals surface area contributed by atoms with Crippen molar-refractivity contribution in [1.29, 1.82) is 0 Å². The largest absolute Gasteiger partial charge is 0.292 e. The zero-order valence-electron chi connectivity index (χ0n) is 11.9. The molecule has 3 rings (SSSR count). The van der Waals surface area contributed by atoms with Gasteiger partial charge in [-0.05, 0) is 19.1 Å². The molecule has 1 heterocycles. The topological polar surface area (TPSA) is 37.4 Å². The van der Waals surface area contributed by atoms with Gasteiger partial charge in [0.2, 0.25) is 0 Å². The van der Waals surface area contributed by atoms with E-state index in [2.05, 4.69) is 0 Å². The molecule has 1 amide bonds. The van der Waals surface area contributed by atoms with E-state index >= 15 is 0 Å². The highest BCUT2D eigenvalue weighted by atomic mass is 32.2. The quantitative estimate of drug-likeness (QED) is 0.490. The number of hydrogen-bond acceptors (Lipinski definition) is 4. The highest BCUT2D eigenvalue weighted by Gasteiger charge is 2.42. The Labute approximate surface area is 138 Å². The van der Waals surface area contributed by atoms with Crippen molar-refractivity contribution < 1.29 is 9.59 Å². The van der Waals surface area contributed by atoms with Gasteiger partial charge in [-0.1, -0.05) is 72.0 Å². The standard InChI is InChI=1S/C17H13NO2S2/c1-11-7-9-13(10-8-11)18-16(20)15(22-17(18)21)14(19)12-5-3-2-4-6-12/h2-10,15H,1H3. The van der Waals surface area contributed by atoms with Gasteiger partial charge >= 0.3 is 0 Å². The number of amides is 1. The van der Waals surface area contributed by atoms with Crippen molar-refractivity contribution in [1.82, 2.24) is 0 Å². The second-order valence-electron chi connectivity index (χ2n) is 5.00. The van der Waals surface area contributed by atoms with E-state index < -0.39 is 5.25 Å². The molecule has 5 heteroatoms. The van der Waals surface area contributed by atoms with Gasteiger partial charge in [-0.3, -0.25) is 14.5 Å². The Bertz CT molecular complexity index is 741. The zero-order chi connectivity index (χ0) is 15.7. The lowest BCUT2D eigenvalue weighted by Gasteiger charge is -2.15. The highest BCUT2D eigenvalue weighted by molar-refractivity contribution is 8.25. The van der Waals surface area contributed by atoms with E-state index in [0.717, 1.165) is 17.3 Å². The van der Waals surface area contributed by atoms with E-state index in [1.54, 1.807) is 24.3 Å². The molecule has 1 aliphatic rings. The van der Waals surface area contributed by atoms with Crippen LogP contribution in [0.3, 0.4) is 0 Å². The van der Waals surface area contributed by atoms with Crippen molar-refractivity contribution in [3.8, 4) is 0 Å². The number of thioether (sulfide) groups is 1. The van der Waals surface area contributed by atoms with Crippen LogP contribution in [0.2, 0.25) is 0 Å². The van der Waals surface area contributed by atoms with Gasteiger partial charge in [-0.15, -0.1) is 0 Å². The van der Waals surface area contributed by atoms with Gasteiger partial charge in [0.1, 0.15) is 4.32 Å². The maximum Gasteiger partial charge on any atom is 0.254 e. The van der Waals surface area contributed by atoms with Crippen LogP contribution in [0.1, 0.15) is 15.9 Å². The highest BCUT2D eigenvalue weighted by Crippen LogP contribution is 2.33. The maximum absolute atomic E-state index is 12.6. The number of nitrogens with zero attached hydrogens (tertiary/aromatic N) is 1. The second kappa shape index (κ2) is 6.02. The fraction of sp³-hybridized carbons (Fsp3) is 0.118. The number of rotatable bonds is 3. The molecule has 0 spiro atoms. The number of thiocarbonyl (C=S) groups is 1. The first-order chi connectivity index (χ1) is 10.6. The third-order valence-corrected chi connectivity index (χ3v) is 4.94. The molecule has 3 nitrogen and oxygen atoms in total. The number of aryl methyl sites for hydroxylation is 1. The number of ketones is 1.